The standard InChI is InChI=1S/C21H32O4/c1-18-8-4-9-19(2,17(23)24-3)14(18)7-10-20-11-13(5-6-15(18)20)21(12-22)16(20)25-21/h13-16,22H,4-12H2,1-3H3/t13-,14+,15+,16-,18-,19-,20-,21+/m1/s1. The van der Waals surface area contributed by atoms with Gasteiger partial charge in [-0.3, -0.25) is 4.79 Å². The summed E-state index contributed by atoms with van der Waals surface area (Å²) in [5.41, 5.74) is -0.0945. The molecule has 25 heavy (non-hydrogen) atoms. The van der Waals surface area contributed by atoms with Crippen LogP contribution in [0.4, 0.5) is 0 Å². The van der Waals surface area contributed by atoms with Gasteiger partial charge in [-0.2, -0.15) is 0 Å². The highest BCUT2D eigenvalue weighted by Gasteiger charge is 2.80. The first-order valence-electron chi connectivity index (χ1n) is 10.2. The van der Waals surface area contributed by atoms with Crippen molar-refractivity contribution < 1.29 is 19.4 Å². The number of aliphatic hydroxyl groups is 1. The van der Waals surface area contributed by atoms with Gasteiger partial charge in [-0.25, -0.2) is 0 Å². The van der Waals surface area contributed by atoms with Crippen molar-refractivity contribution in [1.82, 2.24) is 0 Å². The van der Waals surface area contributed by atoms with Crippen LogP contribution in [0.2, 0.25) is 0 Å². The van der Waals surface area contributed by atoms with Crippen molar-refractivity contribution in [3.63, 3.8) is 0 Å². The molecular formula is C21H32O4. The summed E-state index contributed by atoms with van der Waals surface area (Å²) in [6.07, 6.45) is 9.50. The number of carbonyl (C=O) groups is 1. The van der Waals surface area contributed by atoms with Crippen LogP contribution in [0, 0.1) is 34.0 Å². The molecule has 1 spiro atoms. The number of rotatable bonds is 2. The highest BCUT2D eigenvalue weighted by Crippen LogP contribution is 2.78. The number of ether oxygens (including phenoxy) is 2. The van der Waals surface area contributed by atoms with Gasteiger partial charge in [-0.1, -0.05) is 13.3 Å². The first kappa shape index (κ1) is 16.6. The molecule has 0 amide bonds. The van der Waals surface area contributed by atoms with E-state index in [-0.39, 0.29) is 40.5 Å². The van der Waals surface area contributed by atoms with Gasteiger partial charge in [0.1, 0.15) is 5.60 Å². The third-order valence-electron chi connectivity index (χ3n) is 9.63. The Balaban J connectivity index is 1.54. The Kier molecular flexibility index (Phi) is 3.18. The Hall–Kier alpha value is -0.610. The number of hydrogen-bond acceptors (Lipinski definition) is 4. The Morgan fingerprint density at radius 2 is 1.96 bits per heavy atom. The molecule has 4 heteroatoms. The second-order valence-corrected chi connectivity index (χ2v) is 10.2. The molecule has 4 aliphatic carbocycles. The fourth-order valence-electron chi connectivity index (χ4n) is 8.68. The number of esters is 1. The number of methoxy groups -OCH3 is 1. The van der Waals surface area contributed by atoms with Gasteiger partial charge in [0.05, 0.1) is 25.2 Å². The molecule has 1 aliphatic heterocycles. The smallest absolute Gasteiger partial charge is 0.311 e. The van der Waals surface area contributed by atoms with Crippen LogP contribution in [0.5, 0.6) is 0 Å². The first-order chi connectivity index (χ1) is 11.9. The van der Waals surface area contributed by atoms with E-state index >= 15 is 0 Å². The summed E-state index contributed by atoms with van der Waals surface area (Å²) in [7, 11) is 1.54. The second-order valence-electron chi connectivity index (χ2n) is 10.2. The zero-order valence-corrected chi connectivity index (χ0v) is 15.8. The molecule has 2 bridgehead atoms. The third-order valence-corrected chi connectivity index (χ3v) is 9.63. The molecule has 140 valence electrons. The lowest BCUT2D eigenvalue weighted by molar-refractivity contribution is -0.190. The maximum atomic E-state index is 12.7. The van der Waals surface area contributed by atoms with Crippen LogP contribution in [0.3, 0.4) is 0 Å². The maximum absolute atomic E-state index is 12.7. The molecular weight excluding hydrogens is 316 g/mol. The minimum Gasteiger partial charge on any atom is -0.469 e. The molecule has 1 saturated heterocycles. The fourth-order valence-corrected chi connectivity index (χ4v) is 8.68. The summed E-state index contributed by atoms with van der Waals surface area (Å²) in [6, 6.07) is 0. The van der Waals surface area contributed by atoms with Crippen LogP contribution in [0.1, 0.15) is 65.2 Å². The van der Waals surface area contributed by atoms with Crippen molar-refractivity contribution >= 4 is 5.97 Å². The zero-order valence-electron chi connectivity index (χ0n) is 15.8. The molecule has 0 unspecified atom stereocenters. The molecule has 5 fully saturated rings. The van der Waals surface area contributed by atoms with E-state index in [1.54, 1.807) is 7.11 Å². The number of fused-ring (bicyclic) bond motifs is 5. The van der Waals surface area contributed by atoms with E-state index in [0.717, 1.165) is 25.7 Å². The number of carbonyl (C=O) groups excluding carboxylic acids is 1. The minimum atomic E-state index is -0.336. The molecule has 5 rings (SSSR count). The zero-order chi connectivity index (χ0) is 17.7. The minimum absolute atomic E-state index is 0.00754. The van der Waals surface area contributed by atoms with Crippen molar-refractivity contribution in [2.45, 2.75) is 76.9 Å². The van der Waals surface area contributed by atoms with E-state index in [0.29, 0.717) is 17.8 Å². The molecule has 1 heterocycles. The summed E-state index contributed by atoms with van der Waals surface area (Å²) in [5.74, 6) is 1.58. The Labute approximate surface area is 150 Å². The number of epoxide rings is 1. The van der Waals surface area contributed by atoms with Gasteiger partial charge in [0.15, 0.2) is 0 Å². The van der Waals surface area contributed by atoms with Crippen LogP contribution in [0.25, 0.3) is 0 Å². The molecule has 0 aromatic rings. The molecule has 0 aromatic heterocycles. The topological polar surface area (TPSA) is 59.1 Å². The predicted molar refractivity (Wildman–Crippen MR) is 92.8 cm³/mol. The van der Waals surface area contributed by atoms with Gasteiger partial charge in [0.25, 0.3) is 0 Å². The Bertz CT molecular complexity index is 619. The monoisotopic (exact) mass is 348 g/mol. The van der Waals surface area contributed by atoms with E-state index < -0.39 is 0 Å². The van der Waals surface area contributed by atoms with Crippen LogP contribution in [-0.4, -0.2) is 36.5 Å². The SMILES string of the molecule is COC(=O)[C@]1(C)CCC[C@@]2(C)[C@@H]3CC[C@@H]4C[C@@]3(CC[C@@H]21)[C@H]1O[C@@]41CO. The first-order valence-corrected chi connectivity index (χ1v) is 10.2. The highest BCUT2D eigenvalue weighted by molar-refractivity contribution is 5.77. The molecule has 1 N–H and O–H groups in total. The predicted octanol–water partition coefficient (Wildman–Crippen LogP) is 3.31. The van der Waals surface area contributed by atoms with Crippen LogP contribution in [-0.2, 0) is 14.3 Å². The van der Waals surface area contributed by atoms with Gasteiger partial charge in [-0.15, -0.1) is 0 Å². The highest BCUT2D eigenvalue weighted by atomic mass is 16.6. The van der Waals surface area contributed by atoms with Crippen molar-refractivity contribution in [2.75, 3.05) is 13.7 Å². The van der Waals surface area contributed by atoms with Crippen LogP contribution >= 0.6 is 0 Å². The van der Waals surface area contributed by atoms with E-state index in [1.165, 1.54) is 25.7 Å². The third kappa shape index (κ3) is 1.70. The number of aliphatic hydroxyl groups excluding tert-OH is 1. The van der Waals surface area contributed by atoms with Crippen molar-refractivity contribution in [3.8, 4) is 0 Å². The summed E-state index contributed by atoms with van der Waals surface area (Å²) in [5, 5.41) is 10.00. The summed E-state index contributed by atoms with van der Waals surface area (Å²) < 4.78 is 11.5. The molecule has 0 radical (unpaired) electrons. The van der Waals surface area contributed by atoms with E-state index in [4.69, 9.17) is 9.47 Å². The average molecular weight is 348 g/mol. The number of hydrogen-bond donors (Lipinski definition) is 1. The van der Waals surface area contributed by atoms with Gasteiger partial charge in [0, 0.05) is 5.41 Å². The lowest BCUT2D eigenvalue weighted by Gasteiger charge is -2.63. The van der Waals surface area contributed by atoms with Gasteiger partial charge in [0.2, 0.25) is 0 Å². The van der Waals surface area contributed by atoms with Gasteiger partial charge >= 0.3 is 5.97 Å². The second kappa shape index (κ2) is 4.81. The van der Waals surface area contributed by atoms with E-state index in [1.807, 2.05) is 0 Å². The lowest BCUT2D eigenvalue weighted by Crippen LogP contribution is -2.59. The summed E-state index contributed by atoms with van der Waals surface area (Å²) in [6.45, 7) is 4.81. The normalized spacial score (nSPS) is 58.7. The van der Waals surface area contributed by atoms with E-state index in [9.17, 15) is 9.90 Å². The Morgan fingerprint density at radius 3 is 2.68 bits per heavy atom. The molecule has 4 nitrogen and oxygen atoms in total. The molecule has 8 atom stereocenters. The molecule has 0 aromatic carbocycles. The lowest BCUT2D eigenvalue weighted by atomic mass is 9.40. The molecule has 4 saturated carbocycles. The summed E-state index contributed by atoms with van der Waals surface area (Å²) in [4.78, 5) is 12.7. The van der Waals surface area contributed by atoms with Crippen molar-refractivity contribution in [3.05, 3.63) is 0 Å². The quantitative estimate of drug-likeness (QED) is 0.614. The van der Waals surface area contributed by atoms with Crippen molar-refractivity contribution in [2.24, 2.45) is 34.0 Å². The Morgan fingerprint density at radius 1 is 1.16 bits per heavy atom. The van der Waals surface area contributed by atoms with Crippen LogP contribution in [0.15, 0.2) is 0 Å². The van der Waals surface area contributed by atoms with Crippen LogP contribution < -0.4 is 0 Å². The van der Waals surface area contributed by atoms with Crippen molar-refractivity contribution in [1.29, 1.82) is 0 Å². The van der Waals surface area contributed by atoms with E-state index in [2.05, 4.69) is 13.8 Å². The average Bonchev–Trinajstić information content (AvgIpc) is 3.33. The maximum Gasteiger partial charge on any atom is 0.311 e. The molecule has 5 aliphatic rings. The van der Waals surface area contributed by atoms with Gasteiger partial charge in [-0.05, 0) is 75.0 Å². The largest absolute Gasteiger partial charge is 0.469 e. The summed E-state index contributed by atoms with van der Waals surface area (Å²) >= 11 is 0. The fraction of sp³-hybridized carbons (Fsp3) is 0.952. The van der Waals surface area contributed by atoms with Gasteiger partial charge < -0.3 is 14.6 Å².